The number of sulfone groups is 1. The van der Waals surface area contributed by atoms with Crippen molar-refractivity contribution >= 4 is 25.8 Å². The molecule has 0 bridgehead atoms. The SMILES string of the molecule is C[C@H](C(N)=O)N1CCC(NS(=O)(=O)c2cc(S(=O)(=O)c3ccccc3)ccc2C(F)(F)F)CC1. The summed E-state index contributed by atoms with van der Waals surface area (Å²) in [5, 5.41) is 0. The lowest BCUT2D eigenvalue weighted by atomic mass is 10.0. The topological polar surface area (TPSA) is 127 Å². The van der Waals surface area contributed by atoms with E-state index in [0.717, 1.165) is 6.07 Å². The van der Waals surface area contributed by atoms with Gasteiger partial charge in [0.15, 0.2) is 0 Å². The second-order valence-corrected chi connectivity index (χ2v) is 11.6. The van der Waals surface area contributed by atoms with Gasteiger partial charge >= 0.3 is 6.18 Å². The van der Waals surface area contributed by atoms with Crippen LogP contribution in [-0.2, 0) is 30.8 Å². The van der Waals surface area contributed by atoms with Gasteiger partial charge in [0.25, 0.3) is 0 Å². The van der Waals surface area contributed by atoms with E-state index in [9.17, 15) is 34.8 Å². The Morgan fingerprint density at radius 3 is 2.15 bits per heavy atom. The van der Waals surface area contributed by atoms with Crippen LogP contribution >= 0.6 is 0 Å². The Labute approximate surface area is 195 Å². The summed E-state index contributed by atoms with van der Waals surface area (Å²) in [6.07, 6.45) is -4.56. The molecule has 0 saturated carbocycles. The maximum Gasteiger partial charge on any atom is 0.417 e. The van der Waals surface area contributed by atoms with Gasteiger partial charge in [-0.15, -0.1) is 0 Å². The summed E-state index contributed by atoms with van der Waals surface area (Å²) in [5.41, 5.74) is 3.81. The fourth-order valence-electron chi connectivity index (χ4n) is 3.73. The molecule has 3 rings (SSSR count). The zero-order chi connectivity index (χ0) is 25.3. The molecule has 1 aliphatic rings. The van der Waals surface area contributed by atoms with Gasteiger partial charge in [-0.2, -0.15) is 13.2 Å². The summed E-state index contributed by atoms with van der Waals surface area (Å²) in [7, 11) is -8.99. The number of benzene rings is 2. The van der Waals surface area contributed by atoms with Crippen molar-refractivity contribution < 1.29 is 34.8 Å². The zero-order valence-electron chi connectivity index (χ0n) is 18.1. The second kappa shape index (κ2) is 9.64. The standard InChI is InChI=1S/C21H24F3N3O5S2/c1-14(20(25)28)27-11-9-15(10-12-27)26-34(31,32)19-13-17(7-8-18(19)21(22,23)24)33(29,30)16-5-3-2-4-6-16/h2-8,13-15,26H,9-12H2,1H3,(H2,25,28)/t14-/m1/s1. The molecule has 13 heteroatoms. The molecule has 3 N–H and O–H groups in total. The molecule has 8 nitrogen and oxygen atoms in total. The number of sulfonamides is 1. The lowest BCUT2D eigenvalue weighted by Gasteiger charge is -2.34. The minimum Gasteiger partial charge on any atom is -0.368 e. The number of hydrogen-bond acceptors (Lipinski definition) is 6. The number of amides is 1. The van der Waals surface area contributed by atoms with E-state index in [1.807, 2.05) is 0 Å². The molecule has 1 atom stereocenters. The number of carbonyl (C=O) groups excluding carboxylic acids is 1. The molecule has 1 aliphatic heterocycles. The van der Waals surface area contributed by atoms with Crippen molar-refractivity contribution in [2.45, 2.75) is 52.7 Å². The maximum atomic E-state index is 13.6. The Morgan fingerprint density at radius 2 is 1.62 bits per heavy atom. The van der Waals surface area contributed by atoms with Gasteiger partial charge < -0.3 is 5.73 Å². The summed E-state index contributed by atoms with van der Waals surface area (Å²) in [4.78, 5) is 11.2. The highest BCUT2D eigenvalue weighted by Gasteiger charge is 2.39. The van der Waals surface area contributed by atoms with Gasteiger partial charge in [-0.1, -0.05) is 18.2 Å². The number of rotatable bonds is 7. The molecule has 34 heavy (non-hydrogen) atoms. The van der Waals surface area contributed by atoms with Gasteiger partial charge in [0.1, 0.15) is 0 Å². The van der Waals surface area contributed by atoms with Gasteiger partial charge in [-0.3, -0.25) is 9.69 Å². The van der Waals surface area contributed by atoms with Crippen molar-refractivity contribution in [3.8, 4) is 0 Å². The molecule has 1 fully saturated rings. The number of nitrogens with zero attached hydrogens (tertiary/aromatic N) is 1. The van der Waals surface area contributed by atoms with Crippen LogP contribution in [-0.4, -0.2) is 52.8 Å². The van der Waals surface area contributed by atoms with Crippen LogP contribution in [0.1, 0.15) is 25.3 Å². The van der Waals surface area contributed by atoms with Crippen LogP contribution in [0.25, 0.3) is 0 Å². The Hall–Kier alpha value is -2.48. The van der Waals surface area contributed by atoms with E-state index in [2.05, 4.69) is 4.72 Å². The van der Waals surface area contributed by atoms with E-state index in [4.69, 9.17) is 5.73 Å². The van der Waals surface area contributed by atoms with Crippen LogP contribution < -0.4 is 10.5 Å². The Bertz CT molecular complexity index is 1260. The first kappa shape index (κ1) is 26.1. The number of piperidine rings is 1. The molecule has 2 aromatic carbocycles. The maximum absolute atomic E-state index is 13.6. The number of carbonyl (C=O) groups is 1. The molecule has 2 aromatic rings. The van der Waals surface area contributed by atoms with Gasteiger partial charge in [0.2, 0.25) is 25.8 Å². The number of primary amides is 1. The van der Waals surface area contributed by atoms with E-state index in [1.165, 1.54) is 24.3 Å². The molecular formula is C21H24F3N3O5S2. The quantitative estimate of drug-likeness (QED) is 0.577. The van der Waals surface area contributed by atoms with Crippen molar-refractivity contribution in [3.63, 3.8) is 0 Å². The predicted octanol–water partition coefficient (Wildman–Crippen LogP) is 2.15. The van der Waals surface area contributed by atoms with Gasteiger partial charge in [-0.25, -0.2) is 21.6 Å². The highest BCUT2D eigenvalue weighted by molar-refractivity contribution is 7.91. The number of nitrogens with one attached hydrogen (secondary N) is 1. The minimum absolute atomic E-state index is 0.179. The average Bonchev–Trinajstić information content (AvgIpc) is 2.78. The number of nitrogens with two attached hydrogens (primary N) is 1. The second-order valence-electron chi connectivity index (χ2n) is 7.98. The summed E-state index contributed by atoms with van der Waals surface area (Å²) >= 11 is 0. The van der Waals surface area contributed by atoms with Crippen molar-refractivity contribution in [3.05, 3.63) is 54.1 Å². The number of alkyl halides is 3. The molecule has 1 amide bonds. The Kier molecular flexibility index (Phi) is 7.41. The summed E-state index contributed by atoms with van der Waals surface area (Å²) < 4.78 is 94.9. The molecule has 0 radical (unpaired) electrons. The van der Waals surface area contributed by atoms with Crippen molar-refractivity contribution in [2.24, 2.45) is 5.73 Å². The molecule has 0 aliphatic carbocycles. The molecule has 0 spiro atoms. The van der Waals surface area contributed by atoms with Crippen molar-refractivity contribution in [1.82, 2.24) is 9.62 Å². The van der Waals surface area contributed by atoms with Gasteiger partial charge in [-0.05, 0) is 50.1 Å². The van der Waals surface area contributed by atoms with E-state index >= 15 is 0 Å². The third-order valence-corrected chi connectivity index (χ3v) is 9.05. The van der Waals surface area contributed by atoms with Crippen molar-refractivity contribution in [2.75, 3.05) is 13.1 Å². The van der Waals surface area contributed by atoms with E-state index in [-0.39, 0.29) is 17.7 Å². The summed E-state index contributed by atoms with van der Waals surface area (Å²) in [6.45, 7) is 2.23. The molecule has 0 unspecified atom stereocenters. The van der Waals surface area contributed by atoms with Crippen LogP contribution in [0.5, 0.6) is 0 Å². The third-order valence-electron chi connectivity index (χ3n) is 5.72. The van der Waals surface area contributed by atoms with E-state index in [0.29, 0.717) is 25.2 Å². The first-order valence-electron chi connectivity index (χ1n) is 10.3. The highest BCUT2D eigenvalue weighted by atomic mass is 32.2. The fourth-order valence-corrected chi connectivity index (χ4v) is 6.67. The van der Waals surface area contributed by atoms with Crippen LogP contribution in [0.3, 0.4) is 0 Å². The Balaban J connectivity index is 1.94. The monoisotopic (exact) mass is 519 g/mol. The normalized spacial score (nSPS) is 17.4. The highest BCUT2D eigenvalue weighted by Crippen LogP contribution is 2.36. The molecule has 0 aromatic heterocycles. The molecule has 1 saturated heterocycles. The number of likely N-dealkylation sites (tertiary alicyclic amines) is 1. The van der Waals surface area contributed by atoms with E-state index < -0.39 is 59.4 Å². The van der Waals surface area contributed by atoms with Crippen LogP contribution in [0.15, 0.2) is 63.2 Å². The number of hydrogen-bond donors (Lipinski definition) is 2. The molecule has 186 valence electrons. The van der Waals surface area contributed by atoms with Crippen LogP contribution in [0, 0.1) is 0 Å². The van der Waals surface area contributed by atoms with Crippen LogP contribution in [0.2, 0.25) is 0 Å². The Morgan fingerprint density at radius 1 is 1.03 bits per heavy atom. The third kappa shape index (κ3) is 5.59. The first-order valence-corrected chi connectivity index (χ1v) is 13.3. The van der Waals surface area contributed by atoms with E-state index in [1.54, 1.807) is 17.9 Å². The van der Waals surface area contributed by atoms with Crippen LogP contribution in [0.4, 0.5) is 13.2 Å². The molecule has 1 heterocycles. The van der Waals surface area contributed by atoms with Crippen molar-refractivity contribution in [1.29, 1.82) is 0 Å². The number of halogens is 3. The summed E-state index contributed by atoms with van der Waals surface area (Å²) in [6, 6.07) is 7.48. The lowest BCUT2D eigenvalue weighted by Crippen LogP contribution is -2.50. The largest absolute Gasteiger partial charge is 0.417 e. The van der Waals surface area contributed by atoms with Gasteiger partial charge in [0, 0.05) is 19.1 Å². The first-order chi connectivity index (χ1) is 15.7. The fraction of sp³-hybridized carbons (Fsp3) is 0.381. The molecular weight excluding hydrogens is 495 g/mol. The summed E-state index contributed by atoms with van der Waals surface area (Å²) in [5.74, 6) is -0.537. The smallest absolute Gasteiger partial charge is 0.368 e. The lowest BCUT2D eigenvalue weighted by molar-refractivity contribution is -0.140. The average molecular weight is 520 g/mol. The predicted molar refractivity (Wildman–Crippen MR) is 117 cm³/mol. The minimum atomic E-state index is -5.03. The zero-order valence-corrected chi connectivity index (χ0v) is 19.8. The van der Waals surface area contributed by atoms with Gasteiger partial charge in [0.05, 0.1) is 26.3 Å².